The van der Waals surface area contributed by atoms with Gasteiger partial charge in [0.1, 0.15) is 0 Å². The van der Waals surface area contributed by atoms with Crippen molar-refractivity contribution < 1.29 is 9.84 Å². The standard InChI is InChI=1S/C8H11NO2.BrH/c1-11-8-4-6(5-9)2-3-7(8)10;/h2-4,10H,5,9H2,1H3;1H. The molecule has 0 aliphatic carbocycles. The van der Waals surface area contributed by atoms with Gasteiger partial charge in [-0.1, -0.05) is 6.07 Å². The van der Waals surface area contributed by atoms with Gasteiger partial charge in [-0.05, 0) is 17.7 Å². The van der Waals surface area contributed by atoms with E-state index in [0.717, 1.165) is 5.56 Å². The summed E-state index contributed by atoms with van der Waals surface area (Å²) in [4.78, 5) is 0. The Labute approximate surface area is 81.9 Å². The van der Waals surface area contributed by atoms with Crippen LogP contribution in [0.25, 0.3) is 0 Å². The number of rotatable bonds is 2. The molecule has 4 heteroatoms. The molecule has 0 saturated heterocycles. The SMILES string of the molecule is Br.COc1cc(CN)ccc1O. The molecule has 0 heterocycles. The third kappa shape index (κ3) is 2.39. The lowest BCUT2D eigenvalue weighted by atomic mass is 10.2. The highest BCUT2D eigenvalue weighted by atomic mass is 79.9. The van der Waals surface area contributed by atoms with Crippen molar-refractivity contribution in [2.24, 2.45) is 5.73 Å². The summed E-state index contributed by atoms with van der Waals surface area (Å²) in [6.45, 7) is 0.455. The molecule has 3 N–H and O–H groups in total. The summed E-state index contributed by atoms with van der Waals surface area (Å²) in [7, 11) is 1.51. The Morgan fingerprint density at radius 2 is 2.17 bits per heavy atom. The number of aromatic hydroxyl groups is 1. The number of hydrogen-bond donors (Lipinski definition) is 2. The van der Waals surface area contributed by atoms with Crippen molar-refractivity contribution >= 4 is 17.0 Å². The van der Waals surface area contributed by atoms with Gasteiger partial charge in [-0.2, -0.15) is 0 Å². The fourth-order valence-electron chi connectivity index (χ4n) is 0.849. The molecule has 0 bridgehead atoms. The topological polar surface area (TPSA) is 55.5 Å². The van der Waals surface area contributed by atoms with Gasteiger partial charge >= 0.3 is 0 Å². The summed E-state index contributed by atoms with van der Waals surface area (Å²) in [5, 5.41) is 9.16. The molecule has 0 fully saturated rings. The van der Waals surface area contributed by atoms with E-state index in [2.05, 4.69) is 0 Å². The molecule has 68 valence electrons. The van der Waals surface area contributed by atoms with Crippen molar-refractivity contribution in [3.8, 4) is 11.5 Å². The first kappa shape index (κ1) is 11.3. The van der Waals surface area contributed by atoms with Crippen LogP contribution in [0.3, 0.4) is 0 Å². The zero-order valence-electron chi connectivity index (χ0n) is 6.78. The van der Waals surface area contributed by atoms with E-state index in [9.17, 15) is 0 Å². The highest BCUT2D eigenvalue weighted by molar-refractivity contribution is 8.93. The minimum Gasteiger partial charge on any atom is -0.504 e. The van der Waals surface area contributed by atoms with E-state index in [1.165, 1.54) is 7.11 Å². The van der Waals surface area contributed by atoms with Gasteiger partial charge in [0.25, 0.3) is 0 Å². The fraction of sp³-hybridized carbons (Fsp3) is 0.250. The molecule has 12 heavy (non-hydrogen) atoms. The number of ether oxygens (including phenoxy) is 1. The zero-order valence-corrected chi connectivity index (χ0v) is 8.49. The van der Waals surface area contributed by atoms with Crippen molar-refractivity contribution in [2.45, 2.75) is 6.54 Å². The highest BCUT2D eigenvalue weighted by Gasteiger charge is 1.99. The molecule has 1 aromatic rings. The van der Waals surface area contributed by atoms with Crippen LogP contribution in [0.1, 0.15) is 5.56 Å². The maximum Gasteiger partial charge on any atom is 0.160 e. The first-order valence-corrected chi connectivity index (χ1v) is 3.34. The quantitative estimate of drug-likeness (QED) is 0.813. The fourth-order valence-corrected chi connectivity index (χ4v) is 0.849. The molecule has 0 aliphatic rings. The molecule has 0 aromatic heterocycles. The van der Waals surface area contributed by atoms with E-state index in [1.54, 1.807) is 18.2 Å². The van der Waals surface area contributed by atoms with Crippen molar-refractivity contribution in [1.29, 1.82) is 0 Å². The number of nitrogens with two attached hydrogens (primary N) is 1. The van der Waals surface area contributed by atoms with Crippen LogP contribution in [-0.2, 0) is 6.54 Å². The molecule has 0 amide bonds. The van der Waals surface area contributed by atoms with E-state index in [4.69, 9.17) is 15.6 Å². The summed E-state index contributed by atoms with van der Waals surface area (Å²) in [6.07, 6.45) is 0. The van der Waals surface area contributed by atoms with Crippen LogP contribution in [0.4, 0.5) is 0 Å². The number of halogens is 1. The second-order valence-electron chi connectivity index (χ2n) is 2.21. The van der Waals surface area contributed by atoms with Gasteiger partial charge in [0.2, 0.25) is 0 Å². The molecule has 0 spiro atoms. The van der Waals surface area contributed by atoms with Crippen LogP contribution >= 0.6 is 17.0 Å². The lowest BCUT2D eigenvalue weighted by Crippen LogP contribution is -1.96. The molecule has 1 aromatic carbocycles. The van der Waals surface area contributed by atoms with Crippen LogP contribution in [0.15, 0.2) is 18.2 Å². The molecule has 1 rings (SSSR count). The van der Waals surface area contributed by atoms with Gasteiger partial charge in [0.05, 0.1) is 7.11 Å². The second-order valence-corrected chi connectivity index (χ2v) is 2.21. The number of phenolic OH excluding ortho intramolecular Hbond substituents is 1. The second kappa shape index (κ2) is 5.00. The highest BCUT2D eigenvalue weighted by Crippen LogP contribution is 2.25. The number of benzene rings is 1. The number of hydrogen-bond acceptors (Lipinski definition) is 3. The van der Waals surface area contributed by atoms with E-state index < -0.39 is 0 Å². The van der Waals surface area contributed by atoms with Crippen LogP contribution in [0.2, 0.25) is 0 Å². The minimum atomic E-state index is 0. The normalized spacial score (nSPS) is 8.83. The van der Waals surface area contributed by atoms with E-state index in [-0.39, 0.29) is 22.7 Å². The Balaban J connectivity index is 0.00000121. The zero-order chi connectivity index (χ0) is 8.27. The van der Waals surface area contributed by atoms with Gasteiger partial charge < -0.3 is 15.6 Å². The van der Waals surface area contributed by atoms with Crippen molar-refractivity contribution in [2.75, 3.05) is 7.11 Å². The summed E-state index contributed by atoms with van der Waals surface area (Å²) in [5.41, 5.74) is 6.33. The third-order valence-corrected chi connectivity index (χ3v) is 1.48. The first-order valence-electron chi connectivity index (χ1n) is 3.34. The van der Waals surface area contributed by atoms with E-state index >= 15 is 0 Å². The van der Waals surface area contributed by atoms with Crippen LogP contribution in [0.5, 0.6) is 11.5 Å². The van der Waals surface area contributed by atoms with Gasteiger partial charge in [-0.3, -0.25) is 0 Å². The van der Waals surface area contributed by atoms with Crippen LogP contribution < -0.4 is 10.5 Å². The monoisotopic (exact) mass is 233 g/mol. The number of phenols is 1. The lowest BCUT2D eigenvalue weighted by Gasteiger charge is -2.03. The summed E-state index contributed by atoms with van der Waals surface area (Å²) in [5.74, 6) is 0.609. The molecule has 0 atom stereocenters. The third-order valence-electron chi connectivity index (χ3n) is 1.48. The van der Waals surface area contributed by atoms with Gasteiger partial charge in [-0.15, -0.1) is 17.0 Å². The largest absolute Gasteiger partial charge is 0.504 e. The van der Waals surface area contributed by atoms with Crippen LogP contribution in [0, 0.1) is 0 Å². The first-order chi connectivity index (χ1) is 5.27. The summed E-state index contributed by atoms with van der Waals surface area (Å²) >= 11 is 0. The Hall–Kier alpha value is -0.740. The van der Waals surface area contributed by atoms with Crippen LogP contribution in [-0.4, -0.2) is 12.2 Å². The van der Waals surface area contributed by atoms with Crippen molar-refractivity contribution in [3.05, 3.63) is 23.8 Å². The summed E-state index contributed by atoms with van der Waals surface area (Å²) in [6, 6.07) is 5.05. The molecular formula is C8H12BrNO2. The van der Waals surface area contributed by atoms with Gasteiger partial charge in [0, 0.05) is 6.54 Å². The predicted octanol–water partition coefficient (Wildman–Crippen LogP) is 1.44. The van der Waals surface area contributed by atoms with Gasteiger partial charge in [0.15, 0.2) is 11.5 Å². The van der Waals surface area contributed by atoms with E-state index in [0.29, 0.717) is 12.3 Å². The smallest absolute Gasteiger partial charge is 0.160 e. The molecule has 0 saturated carbocycles. The average molecular weight is 234 g/mol. The average Bonchev–Trinajstić information content (AvgIpc) is 2.05. The Morgan fingerprint density at radius 1 is 1.50 bits per heavy atom. The van der Waals surface area contributed by atoms with Crippen molar-refractivity contribution in [3.63, 3.8) is 0 Å². The Kier molecular flexibility index (Phi) is 4.70. The van der Waals surface area contributed by atoms with Gasteiger partial charge in [-0.25, -0.2) is 0 Å². The minimum absolute atomic E-state index is 0. The Morgan fingerprint density at radius 3 is 2.67 bits per heavy atom. The van der Waals surface area contributed by atoms with E-state index in [1.807, 2.05) is 0 Å². The maximum atomic E-state index is 9.16. The molecular weight excluding hydrogens is 222 g/mol. The molecule has 0 unspecified atom stereocenters. The predicted molar refractivity (Wildman–Crippen MR) is 52.9 cm³/mol. The number of methoxy groups -OCH3 is 1. The maximum absolute atomic E-state index is 9.16. The molecule has 0 radical (unpaired) electrons. The van der Waals surface area contributed by atoms with Crippen molar-refractivity contribution in [1.82, 2.24) is 0 Å². The molecule has 3 nitrogen and oxygen atoms in total. The summed E-state index contributed by atoms with van der Waals surface area (Å²) < 4.78 is 4.88. The lowest BCUT2D eigenvalue weighted by molar-refractivity contribution is 0.373. The molecule has 0 aliphatic heterocycles. The Bertz CT molecular complexity index is 253.